The fourth-order valence-electron chi connectivity index (χ4n) is 5.38. The Morgan fingerprint density at radius 2 is 2.14 bits per heavy atom. The molecule has 9 heteroatoms. The minimum Gasteiger partial charge on any atom is -0.388 e. The third kappa shape index (κ3) is 4.58. The number of nitrogens with one attached hydrogen (secondary N) is 2. The van der Waals surface area contributed by atoms with Crippen LogP contribution in [0, 0.1) is 12.7 Å². The predicted molar refractivity (Wildman–Crippen MR) is 138 cm³/mol. The van der Waals surface area contributed by atoms with E-state index in [9.17, 15) is 14.3 Å². The zero-order valence-corrected chi connectivity index (χ0v) is 20.4. The number of hydrogen-bond acceptors (Lipinski definition) is 5. The lowest BCUT2D eigenvalue weighted by molar-refractivity contribution is -0.0235. The standard InChI is InChI=1S/C28H27FN6O2/c1-17-12-18(9-11-30-17)26-21-13-19(7-8-24(21)32-33-26)27(36)31-20-4-3-10-28(37,14-20)16-35-15-22-23(29)5-2-6-25(22)34-35/h2,5-9,11-13,15,20,37H,3-4,10,14,16H2,1H3,(H,31,36)(H,32,33)/t20-,28+/m1/s1. The average molecular weight is 499 g/mol. The Hall–Kier alpha value is -4.11. The maximum absolute atomic E-state index is 14.1. The molecule has 0 aliphatic heterocycles. The Morgan fingerprint density at radius 1 is 1.24 bits per heavy atom. The quantitative estimate of drug-likeness (QED) is 0.330. The van der Waals surface area contributed by atoms with Gasteiger partial charge in [-0.25, -0.2) is 4.39 Å². The van der Waals surface area contributed by atoms with Crippen LogP contribution in [0.15, 0.2) is 60.9 Å². The fraction of sp³-hybridized carbons (Fsp3) is 0.286. The second kappa shape index (κ2) is 9.08. The number of nitrogens with zero attached hydrogens (tertiary/aromatic N) is 4. The van der Waals surface area contributed by atoms with Crippen LogP contribution in [0.25, 0.3) is 33.1 Å². The molecule has 1 amide bonds. The van der Waals surface area contributed by atoms with Crippen molar-refractivity contribution in [1.82, 2.24) is 30.3 Å². The SMILES string of the molecule is Cc1cc(-c2n[nH]c3ccc(C(=O)N[C@@H]4CCC[C@@](O)(Cn5cc6c(F)cccc6n5)C4)cc23)ccn1. The van der Waals surface area contributed by atoms with Crippen LogP contribution in [0.3, 0.4) is 0 Å². The van der Waals surface area contributed by atoms with Crippen molar-refractivity contribution in [1.29, 1.82) is 0 Å². The number of H-pyrrole nitrogens is 1. The molecule has 0 unspecified atom stereocenters. The molecule has 0 saturated heterocycles. The van der Waals surface area contributed by atoms with E-state index >= 15 is 0 Å². The van der Waals surface area contributed by atoms with E-state index in [1.165, 1.54) is 6.07 Å². The van der Waals surface area contributed by atoms with Gasteiger partial charge in [-0.2, -0.15) is 10.2 Å². The largest absolute Gasteiger partial charge is 0.388 e. The van der Waals surface area contributed by atoms with Crippen LogP contribution in [0.4, 0.5) is 4.39 Å². The number of pyridine rings is 1. The summed E-state index contributed by atoms with van der Waals surface area (Å²) in [5.74, 6) is -0.526. The molecule has 1 fully saturated rings. The van der Waals surface area contributed by atoms with E-state index < -0.39 is 5.60 Å². The fourth-order valence-corrected chi connectivity index (χ4v) is 5.38. The number of carbonyl (C=O) groups is 1. The van der Waals surface area contributed by atoms with Crippen molar-refractivity contribution < 1.29 is 14.3 Å². The number of carbonyl (C=O) groups excluding carboxylic acids is 1. The second-order valence-corrected chi connectivity index (χ2v) is 10.0. The van der Waals surface area contributed by atoms with E-state index in [1.807, 2.05) is 31.2 Å². The first-order valence-corrected chi connectivity index (χ1v) is 12.4. The molecule has 2 atom stereocenters. The number of benzene rings is 2. The van der Waals surface area contributed by atoms with E-state index in [0.29, 0.717) is 29.3 Å². The molecular weight excluding hydrogens is 471 g/mol. The molecule has 2 aromatic carbocycles. The molecule has 37 heavy (non-hydrogen) atoms. The van der Waals surface area contributed by atoms with Gasteiger partial charge in [0.25, 0.3) is 5.91 Å². The van der Waals surface area contributed by atoms with Gasteiger partial charge in [0, 0.05) is 40.6 Å². The van der Waals surface area contributed by atoms with E-state index in [-0.39, 0.29) is 24.3 Å². The number of aromatic amines is 1. The Kier molecular flexibility index (Phi) is 5.72. The molecule has 3 N–H and O–H groups in total. The van der Waals surface area contributed by atoms with Gasteiger partial charge in [0.05, 0.1) is 28.6 Å². The van der Waals surface area contributed by atoms with Gasteiger partial charge in [-0.1, -0.05) is 6.07 Å². The predicted octanol–water partition coefficient (Wildman–Crippen LogP) is 4.53. The smallest absolute Gasteiger partial charge is 0.251 e. The number of aliphatic hydroxyl groups is 1. The summed E-state index contributed by atoms with van der Waals surface area (Å²) in [7, 11) is 0. The molecule has 6 rings (SSSR count). The molecule has 3 heterocycles. The molecule has 0 radical (unpaired) electrons. The molecule has 5 aromatic rings. The molecule has 1 aliphatic rings. The number of hydrogen-bond donors (Lipinski definition) is 3. The summed E-state index contributed by atoms with van der Waals surface area (Å²) in [6.07, 6.45) is 5.91. The normalized spacial score (nSPS) is 19.9. The highest BCUT2D eigenvalue weighted by atomic mass is 19.1. The zero-order chi connectivity index (χ0) is 25.6. The number of fused-ring (bicyclic) bond motifs is 2. The highest BCUT2D eigenvalue weighted by Crippen LogP contribution is 2.31. The molecule has 1 saturated carbocycles. The van der Waals surface area contributed by atoms with Gasteiger partial charge >= 0.3 is 0 Å². The van der Waals surface area contributed by atoms with Crippen LogP contribution in [0.1, 0.15) is 41.7 Å². The summed E-state index contributed by atoms with van der Waals surface area (Å²) in [6.45, 7) is 2.17. The van der Waals surface area contributed by atoms with Crippen LogP contribution >= 0.6 is 0 Å². The van der Waals surface area contributed by atoms with Gasteiger partial charge in [0.2, 0.25) is 0 Å². The monoisotopic (exact) mass is 498 g/mol. The first-order chi connectivity index (χ1) is 17.9. The number of rotatable bonds is 5. The minimum atomic E-state index is -1.05. The van der Waals surface area contributed by atoms with Crippen molar-refractivity contribution in [3.63, 3.8) is 0 Å². The maximum Gasteiger partial charge on any atom is 0.251 e. The third-order valence-corrected chi connectivity index (χ3v) is 7.15. The van der Waals surface area contributed by atoms with E-state index in [0.717, 1.165) is 40.7 Å². The summed E-state index contributed by atoms with van der Waals surface area (Å²) in [6, 6.07) is 13.9. The van der Waals surface area contributed by atoms with Gasteiger partial charge in [-0.3, -0.25) is 19.6 Å². The van der Waals surface area contributed by atoms with Crippen molar-refractivity contribution in [3.8, 4) is 11.3 Å². The summed E-state index contributed by atoms with van der Waals surface area (Å²) in [4.78, 5) is 17.5. The summed E-state index contributed by atoms with van der Waals surface area (Å²) >= 11 is 0. The van der Waals surface area contributed by atoms with Crippen molar-refractivity contribution in [2.45, 2.75) is 50.8 Å². The van der Waals surface area contributed by atoms with Crippen LogP contribution in [-0.2, 0) is 6.54 Å². The van der Waals surface area contributed by atoms with Crippen molar-refractivity contribution in [2.75, 3.05) is 0 Å². The Bertz CT molecular complexity index is 1630. The van der Waals surface area contributed by atoms with Crippen LogP contribution in [-0.4, -0.2) is 47.6 Å². The van der Waals surface area contributed by atoms with Crippen LogP contribution < -0.4 is 5.32 Å². The third-order valence-electron chi connectivity index (χ3n) is 7.15. The molecule has 0 spiro atoms. The van der Waals surface area contributed by atoms with Crippen LogP contribution in [0.5, 0.6) is 0 Å². The highest BCUT2D eigenvalue weighted by Gasteiger charge is 2.36. The van der Waals surface area contributed by atoms with Crippen molar-refractivity contribution in [2.24, 2.45) is 0 Å². The number of aromatic nitrogens is 5. The van der Waals surface area contributed by atoms with E-state index in [4.69, 9.17) is 0 Å². The molecule has 3 aromatic heterocycles. The lowest BCUT2D eigenvalue weighted by Gasteiger charge is -2.37. The summed E-state index contributed by atoms with van der Waals surface area (Å²) < 4.78 is 15.7. The molecular formula is C28H27FN6O2. The van der Waals surface area contributed by atoms with E-state index in [2.05, 4.69) is 25.6 Å². The first-order valence-electron chi connectivity index (χ1n) is 12.4. The second-order valence-electron chi connectivity index (χ2n) is 10.0. The van der Waals surface area contributed by atoms with Gasteiger partial charge in [-0.15, -0.1) is 0 Å². The maximum atomic E-state index is 14.1. The van der Waals surface area contributed by atoms with E-state index in [1.54, 1.807) is 35.3 Å². The number of aryl methyl sites for hydroxylation is 1. The van der Waals surface area contributed by atoms with Gasteiger partial charge in [0.1, 0.15) is 11.5 Å². The average Bonchev–Trinajstić information content (AvgIpc) is 3.48. The Balaban J connectivity index is 1.19. The number of halogens is 1. The molecule has 188 valence electrons. The topological polar surface area (TPSA) is 109 Å². The molecule has 1 aliphatic carbocycles. The summed E-state index contributed by atoms with van der Waals surface area (Å²) in [5, 5.41) is 27.7. The van der Waals surface area contributed by atoms with Gasteiger partial charge < -0.3 is 10.4 Å². The highest BCUT2D eigenvalue weighted by molar-refractivity contribution is 6.01. The zero-order valence-electron chi connectivity index (χ0n) is 20.4. The Labute approximate surface area is 212 Å². The lowest BCUT2D eigenvalue weighted by atomic mass is 9.81. The van der Waals surface area contributed by atoms with Crippen LogP contribution in [0.2, 0.25) is 0 Å². The molecule has 0 bridgehead atoms. The lowest BCUT2D eigenvalue weighted by Crippen LogP contribution is -2.47. The van der Waals surface area contributed by atoms with Crippen molar-refractivity contribution >= 4 is 27.7 Å². The minimum absolute atomic E-state index is 0.185. The van der Waals surface area contributed by atoms with Crippen molar-refractivity contribution in [3.05, 3.63) is 78.0 Å². The Morgan fingerprint density at radius 3 is 2.97 bits per heavy atom. The van der Waals surface area contributed by atoms with Gasteiger partial charge in [-0.05, 0) is 75.1 Å². The molecule has 8 nitrogen and oxygen atoms in total. The van der Waals surface area contributed by atoms with Gasteiger partial charge in [0.15, 0.2) is 0 Å². The first kappa shape index (κ1) is 23.3. The summed E-state index contributed by atoms with van der Waals surface area (Å²) in [5.41, 5.74) is 3.47. The number of amides is 1.